The van der Waals surface area contributed by atoms with E-state index in [0.29, 0.717) is 5.02 Å². The molecular weight excluding hydrogens is 277 g/mol. The Balaban J connectivity index is 2.54. The van der Waals surface area contributed by atoms with Crippen LogP contribution in [0.15, 0.2) is 22.7 Å². The smallest absolute Gasteiger partial charge is 0.0584 e. The lowest BCUT2D eigenvalue weighted by molar-refractivity contribution is 0.238. The molecule has 0 fully saturated rings. The van der Waals surface area contributed by atoms with E-state index in [-0.39, 0.29) is 12.6 Å². The standard InChI is InChI=1S/C11H15BrClNO/c1-2-9(7-15)14-6-8-3-4-11(13)10(12)5-8/h3-5,9,14-15H,2,6-7H2,1H3/t9-/m0/s1. The van der Waals surface area contributed by atoms with Gasteiger partial charge in [-0.2, -0.15) is 0 Å². The van der Waals surface area contributed by atoms with E-state index in [4.69, 9.17) is 16.7 Å². The van der Waals surface area contributed by atoms with E-state index in [0.717, 1.165) is 23.0 Å². The molecule has 0 bridgehead atoms. The van der Waals surface area contributed by atoms with Crippen LogP contribution in [0, 0.1) is 0 Å². The lowest BCUT2D eigenvalue weighted by Crippen LogP contribution is -2.31. The number of aliphatic hydroxyl groups is 1. The minimum atomic E-state index is 0.166. The van der Waals surface area contributed by atoms with E-state index in [2.05, 4.69) is 21.2 Å². The van der Waals surface area contributed by atoms with Gasteiger partial charge < -0.3 is 10.4 Å². The van der Waals surface area contributed by atoms with Gasteiger partial charge >= 0.3 is 0 Å². The summed E-state index contributed by atoms with van der Waals surface area (Å²) < 4.78 is 0.903. The Hall–Kier alpha value is -0.0900. The first-order chi connectivity index (χ1) is 7.17. The largest absolute Gasteiger partial charge is 0.395 e. The summed E-state index contributed by atoms with van der Waals surface area (Å²) in [5.41, 5.74) is 1.15. The van der Waals surface area contributed by atoms with Crippen LogP contribution in [0.25, 0.3) is 0 Å². The molecule has 1 aromatic carbocycles. The molecule has 0 saturated carbocycles. The molecule has 0 aliphatic carbocycles. The van der Waals surface area contributed by atoms with Crippen LogP contribution >= 0.6 is 27.5 Å². The average Bonchev–Trinajstić information content (AvgIpc) is 2.24. The van der Waals surface area contributed by atoms with Gasteiger partial charge in [-0.15, -0.1) is 0 Å². The second-order valence-corrected chi connectivity index (χ2v) is 4.68. The first-order valence-electron chi connectivity index (χ1n) is 4.95. The van der Waals surface area contributed by atoms with Crippen molar-refractivity contribution in [3.63, 3.8) is 0 Å². The molecule has 15 heavy (non-hydrogen) atoms. The molecule has 0 heterocycles. The van der Waals surface area contributed by atoms with Crippen molar-refractivity contribution in [2.24, 2.45) is 0 Å². The Bertz CT molecular complexity index is 315. The van der Waals surface area contributed by atoms with Crippen LogP contribution in [0.3, 0.4) is 0 Å². The zero-order chi connectivity index (χ0) is 11.3. The third-order valence-electron chi connectivity index (χ3n) is 2.29. The molecule has 0 saturated heterocycles. The third kappa shape index (κ3) is 4.11. The van der Waals surface area contributed by atoms with Gasteiger partial charge in [0.25, 0.3) is 0 Å². The molecule has 2 N–H and O–H groups in total. The molecule has 1 rings (SSSR count). The summed E-state index contributed by atoms with van der Waals surface area (Å²) in [5.74, 6) is 0. The van der Waals surface area contributed by atoms with Gasteiger partial charge in [0.15, 0.2) is 0 Å². The van der Waals surface area contributed by atoms with Crippen LogP contribution in [0.4, 0.5) is 0 Å². The first-order valence-corrected chi connectivity index (χ1v) is 6.12. The molecule has 2 nitrogen and oxygen atoms in total. The summed E-state index contributed by atoms with van der Waals surface area (Å²) in [6.45, 7) is 2.96. The second kappa shape index (κ2) is 6.48. The predicted molar refractivity (Wildman–Crippen MR) is 67.2 cm³/mol. The number of benzene rings is 1. The topological polar surface area (TPSA) is 32.3 Å². The monoisotopic (exact) mass is 291 g/mol. The highest BCUT2D eigenvalue weighted by atomic mass is 79.9. The molecule has 0 aromatic heterocycles. The lowest BCUT2D eigenvalue weighted by Gasteiger charge is -2.14. The van der Waals surface area contributed by atoms with Crippen LogP contribution in [-0.2, 0) is 6.54 Å². The van der Waals surface area contributed by atoms with Gasteiger partial charge in [0, 0.05) is 17.1 Å². The highest BCUT2D eigenvalue weighted by Crippen LogP contribution is 2.23. The van der Waals surface area contributed by atoms with Crippen molar-refractivity contribution in [3.05, 3.63) is 33.3 Å². The number of hydrogen-bond acceptors (Lipinski definition) is 2. The Morgan fingerprint density at radius 3 is 2.80 bits per heavy atom. The Morgan fingerprint density at radius 2 is 2.27 bits per heavy atom. The van der Waals surface area contributed by atoms with Crippen LogP contribution in [0.2, 0.25) is 5.02 Å². The predicted octanol–water partition coefficient (Wildman–Crippen LogP) is 2.96. The van der Waals surface area contributed by atoms with Crippen LogP contribution < -0.4 is 5.32 Å². The number of halogens is 2. The Labute approximate surface area is 104 Å². The van der Waals surface area contributed by atoms with E-state index in [1.165, 1.54) is 0 Å². The molecule has 0 aliphatic heterocycles. The SMILES string of the molecule is CC[C@@H](CO)NCc1ccc(Cl)c(Br)c1. The van der Waals surface area contributed by atoms with E-state index in [1.54, 1.807) is 0 Å². The molecule has 1 aromatic rings. The van der Waals surface area contributed by atoms with Gasteiger partial charge in [0.1, 0.15) is 0 Å². The van der Waals surface area contributed by atoms with Crippen molar-refractivity contribution in [2.75, 3.05) is 6.61 Å². The van der Waals surface area contributed by atoms with Crippen molar-refractivity contribution in [1.29, 1.82) is 0 Å². The van der Waals surface area contributed by atoms with E-state index in [9.17, 15) is 0 Å². The Morgan fingerprint density at radius 1 is 1.53 bits per heavy atom. The molecule has 0 amide bonds. The zero-order valence-electron chi connectivity index (χ0n) is 8.63. The number of aliphatic hydroxyl groups excluding tert-OH is 1. The number of nitrogens with one attached hydrogen (secondary N) is 1. The number of rotatable bonds is 5. The maximum absolute atomic E-state index is 9.01. The Kier molecular flexibility index (Phi) is 5.61. The van der Waals surface area contributed by atoms with Crippen molar-refractivity contribution < 1.29 is 5.11 Å². The summed E-state index contributed by atoms with van der Waals surface area (Å²) in [7, 11) is 0. The minimum Gasteiger partial charge on any atom is -0.395 e. The molecule has 4 heteroatoms. The van der Waals surface area contributed by atoms with Crippen molar-refractivity contribution in [1.82, 2.24) is 5.32 Å². The fourth-order valence-corrected chi connectivity index (χ4v) is 1.79. The number of hydrogen-bond donors (Lipinski definition) is 2. The summed E-state index contributed by atoms with van der Waals surface area (Å²) in [5, 5.41) is 13.0. The molecular formula is C11H15BrClNO. The molecule has 0 spiro atoms. The molecule has 0 radical (unpaired) electrons. The normalized spacial score (nSPS) is 12.8. The quantitative estimate of drug-likeness (QED) is 0.874. The molecule has 84 valence electrons. The van der Waals surface area contributed by atoms with Crippen LogP contribution in [0.5, 0.6) is 0 Å². The highest BCUT2D eigenvalue weighted by Gasteiger charge is 2.04. The maximum Gasteiger partial charge on any atom is 0.0584 e. The van der Waals surface area contributed by atoms with Gasteiger partial charge in [-0.05, 0) is 40.0 Å². The third-order valence-corrected chi connectivity index (χ3v) is 3.51. The van der Waals surface area contributed by atoms with Crippen LogP contribution in [0.1, 0.15) is 18.9 Å². The van der Waals surface area contributed by atoms with E-state index >= 15 is 0 Å². The second-order valence-electron chi connectivity index (χ2n) is 3.42. The first kappa shape index (κ1) is 13.0. The van der Waals surface area contributed by atoms with Crippen LogP contribution in [-0.4, -0.2) is 17.8 Å². The summed E-state index contributed by atoms with van der Waals surface area (Å²) in [6.07, 6.45) is 0.922. The van der Waals surface area contributed by atoms with Gasteiger partial charge in [0.2, 0.25) is 0 Å². The van der Waals surface area contributed by atoms with Gasteiger partial charge in [-0.3, -0.25) is 0 Å². The fraction of sp³-hybridized carbons (Fsp3) is 0.455. The van der Waals surface area contributed by atoms with E-state index < -0.39 is 0 Å². The molecule has 1 atom stereocenters. The summed E-state index contributed by atoms with van der Waals surface area (Å²) in [4.78, 5) is 0. The minimum absolute atomic E-state index is 0.166. The average molecular weight is 293 g/mol. The highest BCUT2D eigenvalue weighted by molar-refractivity contribution is 9.10. The molecule has 0 aliphatic rings. The fourth-order valence-electron chi connectivity index (χ4n) is 1.25. The lowest BCUT2D eigenvalue weighted by atomic mass is 10.2. The van der Waals surface area contributed by atoms with Crippen molar-refractivity contribution >= 4 is 27.5 Å². The van der Waals surface area contributed by atoms with Gasteiger partial charge in [-0.25, -0.2) is 0 Å². The molecule has 0 unspecified atom stereocenters. The zero-order valence-corrected chi connectivity index (χ0v) is 11.0. The summed E-state index contributed by atoms with van der Waals surface area (Å²) in [6, 6.07) is 5.99. The van der Waals surface area contributed by atoms with E-state index in [1.807, 2.05) is 25.1 Å². The van der Waals surface area contributed by atoms with Gasteiger partial charge in [-0.1, -0.05) is 24.6 Å². The van der Waals surface area contributed by atoms with Crippen molar-refractivity contribution in [2.45, 2.75) is 25.9 Å². The maximum atomic E-state index is 9.01. The van der Waals surface area contributed by atoms with Crippen molar-refractivity contribution in [3.8, 4) is 0 Å². The van der Waals surface area contributed by atoms with Gasteiger partial charge in [0.05, 0.1) is 11.6 Å². The summed E-state index contributed by atoms with van der Waals surface area (Å²) >= 11 is 9.27.